The lowest BCUT2D eigenvalue weighted by molar-refractivity contribution is 0.111. The van der Waals surface area contributed by atoms with Crippen molar-refractivity contribution in [1.82, 2.24) is 15.2 Å². The Morgan fingerprint density at radius 2 is 2.07 bits per heavy atom. The van der Waals surface area contributed by atoms with Crippen LogP contribution in [0.4, 0.5) is 10.2 Å². The Morgan fingerprint density at radius 3 is 2.55 bits per heavy atom. The highest BCUT2D eigenvalue weighted by Gasteiger charge is 2.44. The summed E-state index contributed by atoms with van der Waals surface area (Å²) in [5, 5.41) is 6.31. The highest BCUT2D eigenvalue weighted by molar-refractivity contribution is 6.44. The quantitative estimate of drug-likeness (QED) is 0.442. The number of aromatic nitrogens is 1. The molecule has 29 heavy (non-hydrogen) atoms. The van der Waals surface area contributed by atoms with E-state index in [-0.39, 0.29) is 21.3 Å². The largest absolute Gasteiger partial charge is 0.377 e. The van der Waals surface area contributed by atoms with E-state index in [4.69, 9.17) is 23.2 Å². The molecule has 0 radical (unpaired) electrons. The first-order valence-electron chi connectivity index (χ1n) is 9.22. The Kier molecular flexibility index (Phi) is 6.46. The Bertz CT molecular complexity index is 904. The average Bonchev–Trinajstić information content (AvgIpc) is 3.49. The zero-order valence-electron chi connectivity index (χ0n) is 16.1. The van der Waals surface area contributed by atoms with Crippen molar-refractivity contribution in [3.05, 3.63) is 64.2 Å². The molecule has 1 aromatic rings. The van der Waals surface area contributed by atoms with Gasteiger partial charge in [0, 0.05) is 37.3 Å². The van der Waals surface area contributed by atoms with E-state index in [1.807, 2.05) is 19.3 Å². The van der Waals surface area contributed by atoms with Gasteiger partial charge in [0.2, 0.25) is 0 Å². The van der Waals surface area contributed by atoms with Crippen molar-refractivity contribution in [3.8, 4) is 0 Å². The summed E-state index contributed by atoms with van der Waals surface area (Å²) in [4.78, 5) is 18.1. The topological polar surface area (TPSA) is 57.3 Å². The monoisotopic (exact) mass is 436 g/mol. The number of aldehydes is 1. The SMILES string of the molecule is C=C(Cl)/C(Cl)=C(\C(=C)F)C1(Nc2ccc(/C=C\N(C)C3CC3)c(C=O)n2)CNC1. The van der Waals surface area contributed by atoms with Gasteiger partial charge in [-0.1, -0.05) is 36.4 Å². The van der Waals surface area contributed by atoms with Crippen LogP contribution < -0.4 is 10.6 Å². The molecule has 1 aliphatic carbocycles. The highest BCUT2D eigenvalue weighted by Crippen LogP contribution is 2.38. The summed E-state index contributed by atoms with van der Waals surface area (Å²) in [6.07, 6.45) is 6.89. The minimum atomic E-state index is -0.891. The van der Waals surface area contributed by atoms with Crippen molar-refractivity contribution < 1.29 is 9.18 Å². The van der Waals surface area contributed by atoms with Crippen molar-refractivity contribution in [2.24, 2.45) is 0 Å². The van der Waals surface area contributed by atoms with E-state index in [1.165, 1.54) is 12.8 Å². The van der Waals surface area contributed by atoms with Gasteiger partial charge in [0.25, 0.3) is 0 Å². The minimum Gasteiger partial charge on any atom is -0.377 e. The molecule has 2 aliphatic rings. The number of carbonyl (C=O) groups excluding carboxylic acids is 1. The normalized spacial score (nSPS) is 18.6. The third-order valence-corrected chi connectivity index (χ3v) is 5.81. The fourth-order valence-electron chi connectivity index (χ4n) is 3.26. The number of nitrogens with zero attached hydrogens (tertiary/aromatic N) is 2. The Hall–Kier alpha value is -2.15. The first kappa shape index (κ1) is 21.6. The summed E-state index contributed by atoms with van der Waals surface area (Å²) in [6, 6.07) is 4.11. The molecular formula is C21H23Cl2FN4O. The molecule has 1 saturated heterocycles. The number of hydrogen-bond donors (Lipinski definition) is 2. The number of hydrogen-bond acceptors (Lipinski definition) is 5. The lowest BCUT2D eigenvalue weighted by Gasteiger charge is -2.45. The molecule has 1 saturated carbocycles. The number of nitrogens with one attached hydrogen (secondary N) is 2. The minimum absolute atomic E-state index is 0.00597. The predicted octanol–water partition coefficient (Wildman–Crippen LogP) is 4.44. The lowest BCUT2D eigenvalue weighted by Crippen LogP contribution is -2.65. The van der Waals surface area contributed by atoms with Crippen LogP contribution in [0.25, 0.3) is 6.08 Å². The molecule has 0 bridgehead atoms. The molecule has 0 unspecified atom stereocenters. The van der Waals surface area contributed by atoms with Gasteiger partial charge in [-0.2, -0.15) is 0 Å². The maximum atomic E-state index is 14.3. The third kappa shape index (κ3) is 4.71. The second-order valence-electron chi connectivity index (χ2n) is 7.31. The van der Waals surface area contributed by atoms with E-state index in [0.717, 1.165) is 0 Å². The van der Waals surface area contributed by atoms with Crippen molar-refractivity contribution in [2.45, 2.75) is 24.4 Å². The Labute approximate surface area is 180 Å². The van der Waals surface area contributed by atoms with Gasteiger partial charge in [0.15, 0.2) is 6.29 Å². The zero-order valence-corrected chi connectivity index (χ0v) is 17.7. The van der Waals surface area contributed by atoms with Crippen LogP contribution in [0.5, 0.6) is 0 Å². The van der Waals surface area contributed by atoms with Crippen molar-refractivity contribution in [1.29, 1.82) is 0 Å². The molecule has 0 spiro atoms. The fraction of sp³-hybridized carbons (Fsp3) is 0.333. The van der Waals surface area contributed by atoms with Gasteiger partial charge in [0.05, 0.1) is 15.6 Å². The van der Waals surface area contributed by atoms with Crippen LogP contribution in [0.2, 0.25) is 0 Å². The molecule has 1 aromatic heterocycles. The smallest absolute Gasteiger partial charge is 0.169 e. The van der Waals surface area contributed by atoms with Gasteiger partial charge in [0.1, 0.15) is 17.3 Å². The summed E-state index contributed by atoms with van der Waals surface area (Å²) in [5.74, 6) is -0.284. The molecule has 3 rings (SSSR count). The number of carbonyl (C=O) groups is 1. The van der Waals surface area contributed by atoms with E-state index in [2.05, 4.69) is 33.7 Å². The molecule has 2 fully saturated rings. The number of halogens is 3. The van der Waals surface area contributed by atoms with Crippen LogP contribution in [0.3, 0.4) is 0 Å². The van der Waals surface area contributed by atoms with Crippen molar-refractivity contribution >= 4 is 41.4 Å². The molecule has 154 valence electrons. The molecule has 0 aromatic carbocycles. The van der Waals surface area contributed by atoms with Gasteiger partial charge < -0.3 is 15.5 Å². The van der Waals surface area contributed by atoms with Gasteiger partial charge >= 0.3 is 0 Å². The standard InChI is InChI=1S/C21H23Cl2FN4O/c1-13(22)20(23)19(14(2)24)21(11-25-12-21)27-18-7-4-15(17(10-29)26-18)8-9-28(3)16-5-6-16/h4,7-10,16,25H,1-2,5-6,11-12H2,3H3,(H,26,27)/b9-8-,20-19-. The third-order valence-electron chi connectivity index (χ3n) is 5.11. The van der Waals surface area contributed by atoms with E-state index >= 15 is 0 Å². The number of rotatable bonds is 9. The van der Waals surface area contributed by atoms with Crippen LogP contribution in [-0.2, 0) is 0 Å². The van der Waals surface area contributed by atoms with E-state index in [0.29, 0.717) is 36.8 Å². The molecule has 2 N–H and O–H groups in total. The van der Waals surface area contributed by atoms with Crippen LogP contribution in [0.15, 0.2) is 53.0 Å². The second-order valence-corrected chi connectivity index (χ2v) is 8.14. The molecule has 8 heteroatoms. The van der Waals surface area contributed by atoms with E-state index in [9.17, 15) is 9.18 Å². The average molecular weight is 437 g/mol. The van der Waals surface area contributed by atoms with Gasteiger partial charge in [-0.3, -0.25) is 4.79 Å². The van der Waals surface area contributed by atoms with Gasteiger partial charge in [-0.25, -0.2) is 9.37 Å². The molecule has 0 atom stereocenters. The van der Waals surface area contributed by atoms with E-state index < -0.39 is 11.4 Å². The van der Waals surface area contributed by atoms with Crippen molar-refractivity contribution in [3.63, 3.8) is 0 Å². The maximum Gasteiger partial charge on any atom is 0.169 e. The Balaban J connectivity index is 1.88. The number of allylic oxidation sites excluding steroid dienone is 2. The summed E-state index contributed by atoms with van der Waals surface area (Å²) in [5.41, 5.74) is 0.228. The summed E-state index contributed by atoms with van der Waals surface area (Å²) >= 11 is 12.1. The molecule has 1 aliphatic heterocycles. The highest BCUT2D eigenvalue weighted by atomic mass is 35.5. The van der Waals surface area contributed by atoms with Gasteiger partial charge in [-0.15, -0.1) is 0 Å². The summed E-state index contributed by atoms with van der Waals surface area (Å²) < 4.78 is 14.3. The zero-order chi connectivity index (χ0) is 21.2. The maximum absolute atomic E-state index is 14.3. The Morgan fingerprint density at radius 1 is 1.38 bits per heavy atom. The summed E-state index contributed by atoms with van der Waals surface area (Å²) in [7, 11) is 2.01. The molecule has 5 nitrogen and oxygen atoms in total. The van der Waals surface area contributed by atoms with Crippen LogP contribution in [0.1, 0.15) is 28.9 Å². The molecule has 2 heterocycles. The number of pyridine rings is 1. The van der Waals surface area contributed by atoms with Gasteiger partial charge in [-0.05, 0) is 37.3 Å². The fourth-order valence-corrected chi connectivity index (χ4v) is 3.64. The van der Waals surface area contributed by atoms with Crippen LogP contribution in [-0.4, -0.2) is 47.9 Å². The lowest BCUT2D eigenvalue weighted by atomic mass is 9.82. The van der Waals surface area contributed by atoms with Crippen molar-refractivity contribution in [2.75, 3.05) is 25.5 Å². The first-order chi connectivity index (χ1) is 13.8. The number of anilines is 1. The second kappa shape index (κ2) is 8.69. The molecule has 0 amide bonds. The summed E-state index contributed by atoms with van der Waals surface area (Å²) in [6.45, 7) is 7.74. The predicted molar refractivity (Wildman–Crippen MR) is 117 cm³/mol. The van der Waals surface area contributed by atoms with Crippen LogP contribution >= 0.6 is 23.2 Å². The first-order valence-corrected chi connectivity index (χ1v) is 9.98. The van der Waals surface area contributed by atoms with E-state index in [1.54, 1.807) is 12.1 Å². The van der Waals surface area contributed by atoms with Crippen LogP contribution in [0, 0.1) is 0 Å². The molecular weight excluding hydrogens is 414 g/mol.